The molecule has 0 aromatic carbocycles. The third-order valence-corrected chi connectivity index (χ3v) is 3.46. The first-order valence-electron chi connectivity index (χ1n) is 3.91. The van der Waals surface area contributed by atoms with E-state index in [0.29, 0.717) is 0 Å². The lowest BCUT2D eigenvalue weighted by atomic mass is 9.82. The van der Waals surface area contributed by atoms with Crippen LogP contribution in [0.25, 0.3) is 0 Å². The number of hydrogen-bond acceptors (Lipinski definition) is 3. The van der Waals surface area contributed by atoms with E-state index in [9.17, 15) is 8.42 Å². The maximum Gasteiger partial charge on any atom is 0.267 e. The minimum atomic E-state index is -3.24. The van der Waals surface area contributed by atoms with Crippen LogP contribution in [0.2, 0.25) is 0 Å². The molecule has 0 amide bonds. The largest absolute Gasteiger partial charge is 0.267 e. The van der Waals surface area contributed by atoms with Gasteiger partial charge in [0, 0.05) is 0 Å². The Kier molecular flexibility index (Phi) is 2.25. The van der Waals surface area contributed by atoms with E-state index in [1.165, 1.54) is 0 Å². The van der Waals surface area contributed by atoms with Crippen LogP contribution in [0.3, 0.4) is 0 Å². The molecule has 66 valence electrons. The minimum absolute atomic E-state index is 0.0720. The van der Waals surface area contributed by atoms with Crippen LogP contribution in [0.1, 0.15) is 33.1 Å². The van der Waals surface area contributed by atoms with Crippen molar-refractivity contribution >= 4 is 10.1 Å². The fourth-order valence-electron chi connectivity index (χ4n) is 1.12. The lowest BCUT2D eigenvalue weighted by molar-refractivity contribution is 0.0182. The van der Waals surface area contributed by atoms with E-state index in [2.05, 4.69) is 0 Å². The second-order valence-electron chi connectivity index (χ2n) is 3.23. The maximum atomic E-state index is 11.0. The Labute approximate surface area is 67.9 Å². The molecule has 4 heteroatoms. The summed E-state index contributed by atoms with van der Waals surface area (Å²) in [6.45, 7) is 3.45. The third kappa shape index (κ3) is 2.17. The predicted octanol–water partition coefficient (Wildman–Crippen LogP) is 1.30. The zero-order valence-corrected chi connectivity index (χ0v) is 7.78. The van der Waals surface area contributed by atoms with Gasteiger partial charge in [-0.3, -0.25) is 4.18 Å². The van der Waals surface area contributed by atoms with Crippen LogP contribution < -0.4 is 0 Å². The first kappa shape index (κ1) is 9.00. The summed E-state index contributed by atoms with van der Waals surface area (Å²) in [7, 11) is -3.24. The van der Waals surface area contributed by atoms with Gasteiger partial charge in [0.1, 0.15) is 0 Å². The van der Waals surface area contributed by atoms with Gasteiger partial charge in [-0.05, 0) is 33.1 Å². The zero-order chi connectivity index (χ0) is 8.54. The van der Waals surface area contributed by atoms with E-state index in [4.69, 9.17) is 4.18 Å². The van der Waals surface area contributed by atoms with Crippen molar-refractivity contribution in [3.63, 3.8) is 0 Å². The normalized spacial score (nSPS) is 22.7. The van der Waals surface area contributed by atoms with Crippen molar-refractivity contribution in [1.82, 2.24) is 0 Å². The molecule has 1 aliphatic carbocycles. The van der Waals surface area contributed by atoms with Crippen molar-refractivity contribution < 1.29 is 12.6 Å². The predicted molar refractivity (Wildman–Crippen MR) is 42.8 cm³/mol. The van der Waals surface area contributed by atoms with E-state index in [1.54, 1.807) is 6.92 Å². The summed E-state index contributed by atoms with van der Waals surface area (Å²) in [5.74, 6) is 0.0720. The average Bonchev–Trinajstić information content (AvgIpc) is 1.84. The molecule has 0 aromatic heterocycles. The van der Waals surface area contributed by atoms with Crippen LogP contribution in [0, 0.1) is 0 Å². The molecule has 11 heavy (non-hydrogen) atoms. The molecular weight excluding hydrogens is 164 g/mol. The van der Waals surface area contributed by atoms with E-state index in [-0.39, 0.29) is 11.4 Å². The highest BCUT2D eigenvalue weighted by atomic mass is 32.2. The van der Waals surface area contributed by atoms with Gasteiger partial charge in [0.05, 0.1) is 11.4 Å². The van der Waals surface area contributed by atoms with Crippen molar-refractivity contribution in [1.29, 1.82) is 0 Å². The Morgan fingerprint density at radius 3 is 2.27 bits per heavy atom. The summed E-state index contributed by atoms with van der Waals surface area (Å²) in [6, 6.07) is 0. The highest BCUT2D eigenvalue weighted by Crippen LogP contribution is 2.36. The molecule has 1 saturated carbocycles. The summed E-state index contributed by atoms with van der Waals surface area (Å²) in [5, 5.41) is 0. The van der Waals surface area contributed by atoms with Gasteiger partial charge in [0.2, 0.25) is 0 Å². The molecule has 0 N–H and O–H groups in total. The molecule has 1 rings (SSSR count). The highest BCUT2D eigenvalue weighted by Gasteiger charge is 2.36. The summed E-state index contributed by atoms with van der Waals surface area (Å²) in [6.07, 6.45) is 2.81. The summed E-state index contributed by atoms with van der Waals surface area (Å²) >= 11 is 0. The SMILES string of the molecule is CCS(=O)(=O)OC1(C)CCC1. The van der Waals surface area contributed by atoms with Gasteiger partial charge in [-0.15, -0.1) is 0 Å². The van der Waals surface area contributed by atoms with Crippen molar-refractivity contribution in [2.24, 2.45) is 0 Å². The molecule has 0 radical (unpaired) electrons. The molecule has 0 aromatic rings. The summed E-state index contributed by atoms with van der Waals surface area (Å²) < 4.78 is 27.0. The summed E-state index contributed by atoms with van der Waals surface area (Å²) in [5.41, 5.74) is -0.380. The highest BCUT2D eigenvalue weighted by molar-refractivity contribution is 7.86. The molecule has 0 unspecified atom stereocenters. The van der Waals surface area contributed by atoms with Crippen LogP contribution in [0.5, 0.6) is 0 Å². The monoisotopic (exact) mass is 178 g/mol. The van der Waals surface area contributed by atoms with E-state index < -0.39 is 10.1 Å². The molecule has 0 heterocycles. The van der Waals surface area contributed by atoms with Gasteiger partial charge in [0.15, 0.2) is 0 Å². The molecule has 1 fully saturated rings. The quantitative estimate of drug-likeness (QED) is 0.612. The van der Waals surface area contributed by atoms with E-state index >= 15 is 0 Å². The molecule has 0 aliphatic heterocycles. The average molecular weight is 178 g/mol. The van der Waals surface area contributed by atoms with Gasteiger partial charge in [-0.1, -0.05) is 0 Å². The Hall–Kier alpha value is -0.0900. The molecule has 0 saturated heterocycles. The Morgan fingerprint density at radius 1 is 1.45 bits per heavy atom. The van der Waals surface area contributed by atoms with Crippen molar-refractivity contribution in [2.75, 3.05) is 5.75 Å². The smallest absolute Gasteiger partial charge is 0.264 e. The van der Waals surface area contributed by atoms with E-state index in [0.717, 1.165) is 19.3 Å². The van der Waals surface area contributed by atoms with E-state index in [1.807, 2.05) is 6.92 Å². The molecular formula is C7H14O3S. The standard InChI is InChI=1S/C7H14O3S/c1-3-11(8,9)10-7(2)5-4-6-7/h3-6H2,1-2H3. The fraction of sp³-hybridized carbons (Fsp3) is 1.00. The van der Waals surface area contributed by atoms with Crippen molar-refractivity contribution in [3.05, 3.63) is 0 Å². The molecule has 1 aliphatic rings. The first-order valence-corrected chi connectivity index (χ1v) is 5.48. The van der Waals surface area contributed by atoms with Gasteiger partial charge in [-0.2, -0.15) is 8.42 Å². The lowest BCUT2D eigenvalue weighted by Gasteiger charge is -2.36. The Morgan fingerprint density at radius 2 is 2.00 bits per heavy atom. The van der Waals surface area contributed by atoms with Gasteiger partial charge in [-0.25, -0.2) is 0 Å². The van der Waals surface area contributed by atoms with Gasteiger partial charge in [0.25, 0.3) is 10.1 Å². The van der Waals surface area contributed by atoms with Gasteiger partial charge < -0.3 is 0 Å². The van der Waals surface area contributed by atoms with Crippen LogP contribution >= 0.6 is 0 Å². The second kappa shape index (κ2) is 2.75. The topological polar surface area (TPSA) is 43.4 Å². The molecule has 3 nitrogen and oxygen atoms in total. The van der Waals surface area contributed by atoms with Crippen LogP contribution in [-0.4, -0.2) is 19.8 Å². The Bertz CT molecular complexity index is 226. The molecule has 0 spiro atoms. The number of rotatable bonds is 3. The fourth-order valence-corrected chi connectivity index (χ4v) is 2.02. The van der Waals surface area contributed by atoms with Crippen LogP contribution in [-0.2, 0) is 14.3 Å². The van der Waals surface area contributed by atoms with Gasteiger partial charge >= 0.3 is 0 Å². The second-order valence-corrected chi connectivity index (χ2v) is 5.09. The first-order chi connectivity index (χ1) is 4.97. The minimum Gasteiger partial charge on any atom is -0.264 e. The van der Waals surface area contributed by atoms with Crippen molar-refractivity contribution in [3.8, 4) is 0 Å². The zero-order valence-electron chi connectivity index (χ0n) is 6.96. The lowest BCUT2D eigenvalue weighted by Crippen LogP contribution is -2.38. The third-order valence-electron chi connectivity index (χ3n) is 2.09. The maximum absolute atomic E-state index is 11.0. The van der Waals surface area contributed by atoms with Crippen LogP contribution in [0.4, 0.5) is 0 Å². The summed E-state index contributed by atoms with van der Waals surface area (Å²) in [4.78, 5) is 0. The van der Waals surface area contributed by atoms with Crippen molar-refractivity contribution in [2.45, 2.75) is 38.7 Å². The Balaban J connectivity index is 2.54. The number of hydrogen-bond donors (Lipinski definition) is 0. The molecule has 0 atom stereocenters. The molecule has 0 bridgehead atoms. The van der Waals surface area contributed by atoms with Crippen LogP contribution in [0.15, 0.2) is 0 Å².